The van der Waals surface area contributed by atoms with E-state index >= 15 is 0 Å². The number of nitrogens with two attached hydrogens (primary N) is 1. The van der Waals surface area contributed by atoms with Gasteiger partial charge in [-0.3, -0.25) is 18.6 Å². The molecule has 0 amide bonds. The molecule has 0 spiro atoms. The highest BCUT2D eigenvalue weighted by Gasteiger charge is 2.26. The molecule has 0 fully saturated rings. The van der Waals surface area contributed by atoms with Crippen molar-refractivity contribution in [2.45, 2.75) is 469 Å². The molecule has 0 aromatic heterocycles. The van der Waals surface area contributed by atoms with Crippen LogP contribution in [0, 0.1) is 0 Å². The van der Waals surface area contributed by atoms with E-state index in [1.165, 1.54) is 392 Å². The molecule has 10 heteroatoms. The fraction of sp³-hybridized carbons (Fsp3) is 0.906. The van der Waals surface area contributed by atoms with E-state index in [4.69, 9.17) is 24.3 Å². The summed E-state index contributed by atoms with van der Waals surface area (Å²) >= 11 is 0. The lowest BCUT2D eigenvalue weighted by Gasteiger charge is -2.19. The second-order valence-corrected chi connectivity index (χ2v) is 30.5. The maximum atomic E-state index is 12.8. The Kier molecular flexibility index (Phi) is 79.7. The van der Waals surface area contributed by atoms with Crippen molar-refractivity contribution in [3.63, 3.8) is 0 Å². The number of phosphoric acid groups is 1. The van der Waals surface area contributed by atoms with Crippen molar-refractivity contribution >= 4 is 19.8 Å². The van der Waals surface area contributed by atoms with Crippen LogP contribution in [0.2, 0.25) is 0 Å². The number of allylic oxidation sites excluding steroid dienone is 6. The summed E-state index contributed by atoms with van der Waals surface area (Å²) in [6.45, 7) is 3.82. The van der Waals surface area contributed by atoms with E-state index in [2.05, 4.69) is 50.3 Å². The lowest BCUT2D eigenvalue weighted by molar-refractivity contribution is -0.161. The smallest absolute Gasteiger partial charge is 0.462 e. The fourth-order valence-electron chi connectivity index (χ4n) is 13.2. The molecule has 9 nitrogen and oxygen atoms in total. The molecule has 562 valence electrons. The van der Waals surface area contributed by atoms with Gasteiger partial charge in [0, 0.05) is 19.4 Å². The maximum absolute atomic E-state index is 12.8. The van der Waals surface area contributed by atoms with Crippen molar-refractivity contribution in [2.75, 3.05) is 26.4 Å². The zero-order valence-electron chi connectivity index (χ0n) is 63.7. The van der Waals surface area contributed by atoms with Crippen LogP contribution < -0.4 is 5.73 Å². The van der Waals surface area contributed by atoms with Crippen LogP contribution in [0.4, 0.5) is 0 Å². The van der Waals surface area contributed by atoms with Crippen molar-refractivity contribution < 1.29 is 37.6 Å². The highest BCUT2D eigenvalue weighted by atomic mass is 31.2. The summed E-state index contributed by atoms with van der Waals surface area (Å²) in [4.78, 5) is 35.5. The number of hydrogen-bond acceptors (Lipinski definition) is 8. The highest BCUT2D eigenvalue weighted by molar-refractivity contribution is 7.47. The van der Waals surface area contributed by atoms with E-state index < -0.39 is 26.5 Å². The summed E-state index contributed by atoms with van der Waals surface area (Å²) < 4.78 is 33.3. The lowest BCUT2D eigenvalue weighted by Crippen LogP contribution is -2.29. The van der Waals surface area contributed by atoms with Gasteiger partial charge in [-0.25, -0.2) is 4.57 Å². The third kappa shape index (κ3) is 81.1. The summed E-state index contributed by atoms with van der Waals surface area (Å²) in [5, 5.41) is 0. The molecule has 2 unspecified atom stereocenters. The number of rotatable bonds is 82. The van der Waals surface area contributed by atoms with Crippen LogP contribution in [0.5, 0.6) is 0 Å². The third-order valence-electron chi connectivity index (χ3n) is 19.5. The van der Waals surface area contributed by atoms with Crippen molar-refractivity contribution in [3.05, 3.63) is 36.5 Å². The minimum Gasteiger partial charge on any atom is -0.462 e. The standard InChI is InChI=1S/C85H164NO8P/c1-3-5-7-9-11-13-15-17-19-21-23-25-27-29-31-33-35-37-38-39-40-41-42-43-44-46-47-49-51-53-55-57-59-61-63-65-67-69-71-73-75-77-84(87)91-81-83(82-93-95(89,90)92-80-79-86)94-85(88)78-76-74-72-70-68-66-64-62-60-58-56-54-52-50-48-45-36-34-32-30-28-26-24-22-20-18-16-14-12-10-8-6-4-2/h16,18,21-24,83H,3-15,17,19-20,25-82,86H2,1-2H3,(H,89,90)/b18-16-,23-21-,24-22-. The average molecular weight is 1360 g/mol. The first kappa shape index (κ1) is 93.2. The van der Waals surface area contributed by atoms with Crippen LogP contribution in [0.1, 0.15) is 463 Å². The third-order valence-corrected chi connectivity index (χ3v) is 20.5. The fourth-order valence-corrected chi connectivity index (χ4v) is 14.0. The first-order valence-corrected chi connectivity index (χ1v) is 44.0. The van der Waals surface area contributed by atoms with Crippen LogP contribution in [0.3, 0.4) is 0 Å². The quantitative estimate of drug-likeness (QED) is 0.0264. The van der Waals surface area contributed by atoms with Gasteiger partial charge in [-0.15, -0.1) is 0 Å². The molecule has 0 aliphatic rings. The Morgan fingerprint density at radius 2 is 0.547 bits per heavy atom. The topological polar surface area (TPSA) is 134 Å². The second-order valence-electron chi connectivity index (χ2n) is 29.1. The van der Waals surface area contributed by atoms with E-state index in [0.29, 0.717) is 6.42 Å². The molecule has 0 rings (SSSR count). The maximum Gasteiger partial charge on any atom is 0.472 e. The van der Waals surface area contributed by atoms with Crippen molar-refractivity contribution in [3.8, 4) is 0 Å². The van der Waals surface area contributed by atoms with Gasteiger partial charge in [0.1, 0.15) is 6.61 Å². The Morgan fingerprint density at radius 3 is 0.811 bits per heavy atom. The average Bonchev–Trinajstić information content (AvgIpc) is 3.25. The molecular weight excluding hydrogens is 1190 g/mol. The van der Waals surface area contributed by atoms with Crippen molar-refractivity contribution in [2.24, 2.45) is 5.73 Å². The number of unbranched alkanes of at least 4 members (excludes halogenated alkanes) is 63. The van der Waals surface area contributed by atoms with Gasteiger partial charge in [0.2, 0.25) is 0 Å². The molecular formula is C85H164NO8P. The zero-order valence-corrected chi connectivity index (χ0v) is 64.6. The van der Waals surface area contributed by atoms with Crippen molar-refractivity contribution in [1.29, 1.82) is 0 Å². The van der Waals surface area contributed by atoms with Crippen LogP contribution >= 0.6 is 7.82 Å². The van der Waals surface area contributed by atoms with E-state index in [-0.39, 0.29) is 38.6 Å². The van der Waals surface area contributed by atoms with Gasteiger partial charge in [-0.1, -0.05) is 416 Å². The largest absolute Gasteiger partial charge is 0.472 e. The molecule has 0 bridgehead atoms. The minimum absolute atomic E-state index is 0.0568. The summed E-state index contributed by atoms with van der Waals surface area (Å²) in [6, 6.07) is 0. The van der Waals surface area contributed by atoms with Gasteiger partial charge in [-0.05, 0) is 70.6 Å². The van der Waals surface area contributed by atoms with Crippen LogP contribution in [-0.2, 0) is 32.7 Å². The highest BCUT2D eigenvalue weighted by Crippen LogP contribution is 2.43. The molecule has 0 aliphatic carbocycles. The summed E-state index contributed by atoms with van der Waals surface area (Å²) in [5.41, 5.74) is 5.42. The Hall–Kier alpha value is -1.77. The van der Waals surface area contributed by atoms with E-state index in [0.717, 1.165) is 38.5 Å². The van der Waals surface area contributed by atoms with E-state index in [1.54, 1.807) is 0 Å². The molecule has 0 heterocycles. The lowest BCUT2D eigenvalue weighted by atomic mass is 10.0. The van der Waals surface area contributed by atoms with Gasteiger partial charge in [-0.2, -0.15) is 0 Å². The predicted molar refractivity (Wildman–Crippen MR) is 414 cm³/mol. The van der Waals surface area contributed by atoms with Gasteiger partial charge in [0.25, 0.3) is 0 Å². The summed E-state index contributed by atoms with van der Waals surface area (Å²) in [5.74, 6) is -0.799. The van der Waals surface area contributed by atoms with E-state index in [9.17, 15) is 19.0 Å². The summed E-state index contributed by atoms with van der Waals surface area (Å²) in [7, 11) is -4.39. The Morgan fingerprint density at radius 1 is 0.316 bits per heavy atom. The summed E-state index contributed by atoms with van der Waals surface area (Å²) in [6.07, 6.45) is 105. The van der Waals surface area contributed by atoms with Gasteiger partial charge < -0.3 is 20.1 Å². The molecule has 0 aromatic carbocycles. The second kappa shape index (κ2) is 81.2. The van der Waals surface area contributed by atoms with Crippen molar-refractivity contribution in [1.82, 2.24) is 0 Å². The molecule has 0 saturated heterocycles. The number of ether oxygens (including phenoxy) is 2. The van der Waals surface area contributed by atoms with Gasteiger partial charge in [0.05, 0.1) is 13.2 Å². The van der Waals surface area contributed by atoms with Crippen LogP contribution in [-0.4, -0.2) is 49.3 Å². The SMILES string of the molecule is CCCCCCC/C=C\C/C=C\CCCCCCCCCCCCCCCCCCCCCCCC(=O)OC(COC(=O)CCCCCCCCCCCCCCCCCCCCCCCCCCCCCCC/C=C\CCCCCCCCCC)COP(=O)(O)OCCN. The van der Waals surface area contributed by atoms with Gasteiger partial charge in [0.15, 0.2) is 6.10 Å². The number of carbonyl (C=O) groups excluding carboxylic acids is 2. The number of phosphoric ester groups is 1. The normalized spacial score (nSPS) is 12.9. The van der Waals surface area contributed by atoms with Crippen LogP contribution in [0.25, 0.3) is 0 Å². The zero-order chi connectivity index (χ0) is 68.6. The van der Waals surface area contributed by atoms with Crippen LogP contribution in [0.15, 0.2) is 36.5 Å². The Bertz CT molecular complexity index is 1650. The Labute approximate surface area is 592 Å². The minimum atomic E-state index is -4.39. The number of hydrogen-bond donors (Lipinski definition) is 2. The molecule has 0 saturated carbocycles. The molecule has 2 atom stereocenters. The molecule has 0 aliphatic heterocycles. The van der Waals surface area contributed by atoms with Gasteiger partial charge >= 0.3 is 19.8 Å². The first-order chi connectivity index (χ1) is 46.8. The molecule has 95 heavy (non-hydrogen) atoms. The first-order valence-electron chi connectivity index (χ1n) is 42.5. The number of carbonyl (C=O) groups is 2. The van der Waals surface area contributed by atoms with E-state index in [1.807, 2.05) is 0 Å². The molecule has 0 aromatic rings. The molecule has 0 radical (unpaired) electrons. The molecule has 3 N–H and O–H groups in total. The Balaban J connectivity index is 3.71. The monoisotopic (exact) mass is 1360 g/mol. The predicted octanol–water partition coefficient (Wildman–Crippen LogP) is 28.5. The number of esters is 2.